The molecular formula is C20H17ClN4O3. The fourth-order valence-electron chi connectivity index (χ4n) is 2.37. The monoisotopic (exact) mass is 396 g/mol. The minimum Gasteiger partial charge on any atom is -0.465 e. The Morgan fingerprint density at radius 1 is 1.04 bits per heavy atom. The normalized spacial score (nSPS) is 10.2. The number of methoxy groups -OCH3 is 1. The molecule has 1 aromatic heterocycles. The molecule has 0 spiro atoms. The first-order valence-corrected chi connectivity index (χ1v) is 8.69. The number of hydrogen-bond acceptors (Lipinski definition) is 6. The molecular weight excluding hydrogens is 380 g/mol. The average molecular weight is 397 g/mol. The molecule has 142 valence electrons. The van der Waals surface area contributed by atoms with Crippen molar-refractivity contribution in [2.45, 2.75) is 6.92 Å². The van der Waals surface area contributed by atoms with E-state index in [0.29, 0.717) is 27.8 Å². The average Bonchev–Trinajstić information content (AvgIpc) is 2.71. The summed E-state index contributed by atoms with van der Waals surface area (Å²) >= 11 is 6.06. The third kappa shape index (κ3) is 4.63. The van der Waals surface area contributed by atoms with Crippen LogP contribution in [0, 0.1) is 6.92 Å². The second-order valence-corrected chi connectivity index (χ2v) is 6.31. The number of anilines is 3. The molecule has 2 aromatic carbocycles. The zero-order chi connectivity index (χ0) is 20.1. The van der Waals surface area contributed by atoms with E-state index in [1.807, 2.05) is 13.0 Å². The maximum Gasteiger partial charge on any atom is 0.337 e. The zero-order valence-electron chi connectivity index (χ0n) is 15.2. The topological polar surface area (TPSA) is 93.2 Å². The van der Waals surface area contributed by atoms with Gasteiger partial charge in [-0.05, 0) is 42.8 Å². The first kappa shape index (κ1) is 19.3. The zero-order valence-corrected chi connectivity index (χ0v) is 15.9. The van der Waals surface area contributed by atoms with Gasteiger partial charge in [-0.2, -0.15) is 0 Å². The first-order chi connectivity index (χ1) is 13.5. The number of rotatable bonds is 5. The highest BCUT2D eigenvalue weighted by Gasteiger charge is 2.10. The molecule has 28 heavy (non-hydrogen) atoms. The van der Waals surface area contributed by atoms with E-state index >= 15 is 0 Å². The van der Waals surface area contributed by atoms with Crippen LogP contribution in [-0.4, -0.2) is 29.0 Å². The molecule has 1 amide bonds. The van der Waals surface area contributed by atoms with Gasteiger partial charge in [-0.25, -0.2) is 14.8 Å². The molecule has 0 fully saturated rings. The third-order valence-corrected chi connectivity index (χ3v) is 4.28. The fourth-order valence-corrected chi connectivity index (χ4v) is 2.55. The van der Waals surface area contributed by atoms with E-state index in [1.54, 1.807) is 36.4 Å². The number of carbonyl (C=O) groups is 2. The molecule has 3 aromatic rings. The summed E-state index contributed by atoms with van der Waals surface area (Å²) in [6, 6.07) is 12.0. The summed E-state index contributed by atoms with van der Waals surface area (Å²) in [6.45, 7) is 1.88. The number of benzene rings is 2. The Bertz CT molecular complexity index is 1020. The lowest BCUT2D eigenvalue weighted by molar-refractivity contribution is 0.0600. The number of halogens is 1. The third-order valence-electron chi connectivity index (χ3n) is 3.87. The molecule has 0 saturated heterocycles. The van der Waals surface area contributed by atoms with Crippen molar-refractivity contribution < 1.29 is 14.3 Å². The Morgan fingerprint density at radius 2 is 1.86 bits per heavy atom. The second kappa shape index (κ2) is 8.49. The highest BCUT2D eigenvalue weighted by atomic mass is 35.5. The highest BCUT2D eigenvalue weighted by Crippen LogP contribution is 2.20. The van der Waals surface area contributed by atoms with Crippen LogP contribution >= 0.6 is 11.6 Å². The van der Waals surface area contributed by atoms with Crippen LogP contribution in [0.4, 0.5) is 17.2 Å². The van der Waals surface area contributed by atoms with Crippen molar-refractivity contribution in [2.24, 2.45) is 0 Å². The number of amides is 1. The van der Waals surface area contributed by atoms with Gasteiger partial charge in [-0.1, -0.05) is 23.7 Å². The molecule has 0 radical (unpaired) electrons. The number of aromatic nitrogens is 2. The maximum atomic E-state index is 12.3. The van der Waals surface area contributed by atoms with Crippen molar-refractivity contribution >= 4 is 40.7 Å². The largest absolute Gasteiger partial charge is 0.465 e. The van der Waals surface area contributed by atoms with Crippen molar-refractivity contribution in [2.75, 3.05) is 17.7 Å². The van der Waals surface area contributed by atoms with Gasteiger partial charge < -0.3 is 15.4 Å². The number of esters is 1. The number of aryl methyl sites for hydroxylation is 1. The molecule has 1 heterocycles. The highest BCUT2D eigenvalue weighted by molar-refractivity contribution is 6.31. The minimum atomic E-state index is -0.432. The molecule has 0 atom stereocenters. The van der Waals surface area contributed by atoms with Crippen LogP contribution in [0.25, 0.3) is 0 Å². The van der Waals surface area contributed by atoms with E-state index in [4.69, 9.17) is 16.3 Å². The van der Waals surface area contributed by atoms with E-state index < -0.39 is 11.9 Å². The summed E-state index contributed by atoms with van der Waals surface area (Å²) in [5.74, 6) is -0.401. The number of nitrogens with zero attached hydrogens (tertiary/aromatic N) is 2. The minimum absolute atomic E-state index is 0.158. The van der Waals surface area contributed by atoms with E-state index in [-0.39, 0.29) is 5.69 Å². The lowest BCUT2D eigenvalue weighted by Crippen LogP contribution is -2.14. The van der Waals surface area contributed by atoms with E-state index in [2.05, 4.69) is 20.6 Å². The molecule has 3 rings (SSSR count). The van der Waals surface area contributed by atoms with Crippen LogP contribution < -0.4 is 10.6 Å². The predicted molar refractivity (Wildman–Crippen MR) is 107 cm³/mol. The Hall–Kier alpha value is -3.45. The Balaban J connectivity index is 1.68. The van der Waals surface area contributed by atoms with Crippen molar-refractivity contribution in [3.05, 3.63) is 76.7 Å². The van der Waals surface area contributed by atoms with Gasteiger partial charge in [0.15, 0.2) is 0 Å². The molecule has 8 heteroatoms. The maximum absolute atomic E-state index is 12.3. The number of ether oxygens (including phenoxy) is 1. The molecule has 0 bridgehead atoms. The Labute approximate surface area is 166 Å². The molecule has 0 unspecified atom stereocenters. The van der Waals surface area contributed by atoms with E-state index in [9.17, 15) is 9.59 Å². The number of nitrogens with one attached hydrogen (secondary N) is 2. The van der Waals surface area contributed by atoms with Crippen molar-refractivity contribution in [3.63, 3.8) is 0 Å². The lowest BCUT2D eigenvalue weighted by Gasteiger charge is -2.08. The standard InChI is InChI=1S/C20H17ClN4O3/c1-12-6-7-15(9-16(12)21)25-19(26)17-10-23-18(11-22-17)24-14-5-3-4-13(8-14)20(27)28-2/h3-11H,1-2H3,(H,23,24)(H,25,26). The molecule has 0 aliphatic rings. The van der Waals surface area contributed by atoms with Crippen LogP contribution in [0.1, 0.15) is 26.4 Å². The quantitative estimate of drug-likeness (QED) is 0.627. The predicted octanol–water partition coefficient (Wildman–Crippen LogP) is 4.22. The van der Waals surface area contributed by atoms with Crippen molar-refractivity contribution in [1.82, 2.24) is 9.97 Å². The van der Waals surface area contributed by atoms with Gasteiger partial charge in [-0.15, -0.1) is 0 Å². The number of carbonyl (C=O) groups excluding carboxylic acids is 2. The van der Waals surface area contributed by atoms with Gasteiger partial charge in [0.2, 0.25) is 0 Å². The van der Waals surface area contributed by atoms with Gasteiger partial charge in [0.05, 0.1) is 25.1 Å². The molecule has 0 saturated carbocycles. The summed E-state index contributed by atoms with van der Waals surface area (Å²) in [6.07, 6.45) is 2.79. The Morgan fingerprint density at radius 3 is 2.54 bits per heavy atom. The SMILES string of the molecule is COC(=O)c1cccc(Nc2cnc(C(=O)Nc3ccc(C)c(Cl)c3)cn2)c1. The van der Waals surface area contributed by atoms with Crippen molar-refractivity contribution in [3.8, 4) is 0 Å². The van der Waals surface area contributed by atoms with Gasteiger partial charge in [0.25, 0.3) is 5.91 Å². The van der Waals surface area contributed by atoms with Crippen LogP contribution in [0.3, 0.4) is 0 Å². The summed E-state index contributed by atoms with van der Waals surface area (Å²) < 4.78 is 4.70. The summed E-state index contributed by atoms with van der Waals surface area (Å²) in [5, 5.41) is 6.31. The van der Waals surface area contributed by atoms with Gasteiger partial charge >= 0.3 is 5.97 Å². The van der Waals surface area contributed by atoms with Gasteiger partial charge in [-0.3, -0.25) is 4.79 Å². The van der Waals surface area contributed by atoms with Gasteiger partial charge in [0.1, 0.15) is 11.5 Å². The summed E-state index contributed by atoms with van der Waals surface area (Å²) in [4.78, 5) is 32.2. The molecule has 0 aliphatic carbocycles. The smallest absolute Gasteiger partial charge is 0.337 e. The van der Waals surface area contributed by atoms with Gasteiger partial charge in [0, 0.05) is 16.4 Å². The number of hydrogen-bond donors (Lipinski definition) is 2. The fraction of sp³-hybridized carbons (Fsp3) is 0.100. The van der Waals surface area contributed by atoms with E-state index in [1.165, 1.54) is 19.5 Å². The molecule has 7 nitrogen and oxygen atoms in total. The lowest BCUT2D eigenvalue weighted by atomic mass is 10.2. The molecule has 0 aliphatic heterocycles. The van der Waals surface area contributed by atoms with Crippen LogP contribution in [-0.2, 0) is 4.74 Å². The van der Waals surface area contributed by atoms with E-state index in [0.717, 1.165) is 5.56 Å². The summed E-state index contributed by atoms with van der Waals surface area (Å²) in [5.41, 5.74) is 2.71. The van der Waals surface area contributed by atoms with Crippen LogP contribution in [0.2, 0.25) is 5.02 Å². The molecule has 2 N–H and O–H groups in total. The second-order valence-electron chi connectivity index (χ2n) is 5.90. The first-order valence-electron chi connectivity index (χ1n) is 8.31. The van der Waals surface area contributed by atoms with Crippen LogP contribution in [0.5, 0.6) is 0 Å². The van der Waals surface area contributed by atoms with Crippen LogP contribution in [0.15, 0.2) is 54.9 Å². The van der Waals surface area contributed by atoms with Crippen molar-refractivity contribution in [1.29, 1.82) is 0 Å². The summed E-state index contributed by atoms with van der Waals surface area (Å²) in [7, 11) is 1.32. The Kier molecular flexibility index (Phi) is 5.86.